The molecule has 3 rings (SSSR count). The van der Waals surface area contributed by atoms with Gasteiger partial charge in [0, 0.05) is 5.69 Å². The number of fused-ring (bicyclic) bond motifs is 1. The number of hydrogen-bond donors (Lipinski definition) is 0. The fourth-order valence-electron chi connectivity index (χ4n) is 2.42. The minimum atomic E-state index is 0.439. The minimum Gasteiger partial charge on any atom is -0.496 e. The first-order valence-electron chi connectivity index (χ1n) is 6.33. The van der Waals surface area contributed by atoms with Gasteiger partial charge in [0.15, 0.2) is 6.29 Å². The van der Waals surface area contributed by atoms with Crippen molar-refractivity contribution in [1.82, 2.24) is 9.38 Å². The number of rotatable bonds is 3. The van der Waals surface area contributed by atoms with E-state index in [1.807, 2.05) is 53.8 Å². The third kappa shape index (κ3) is 1.77. The molecule has 20 heavy (non-hydrogen) atoms. The van der Waals surface area contributed by atoms with Crippen molar-refractivity contribution in [3.05, 3.63) is 53.9 Å². The normalized spacial score (nSPS) is 10.7. The van der Waals surface area contributed by atoms with E-state index in [1.165, 1.54) is 0 Å². The Hall–Kier alpha value is -2.62. The first-order valence-corrected chi connectivity index (χ1v) is 6.33. The summed E-state index contributed by atoms with van der Waals surface area (Å²) >= 11 is 0. The van der Waals surface area contributed by atoms with Crippen LogP contribution in [0.25, 0.3) is 16.9 Å². The number of aldehydes is 1. The van der Waals surface area contributed by atoms with Crippen molar-refractivity contribution in [2.75, 3.05) is 7.11 Å². The molecule has 0 saturated carbocycles. The highest BCUT2D eigenvalue weighted by Crippen LogP contribution is 2.30. The first kappa shape index (κ1) is 12.4. The van der Waals surface area contributed by atoms with E-state index in [9.17, 15) is 4.79 Å². The van der Waals surface area contributed by atoms with Gasteiger partial charge in [0.05, 0.1) is 18.2 Å². The number of methoxy groups -OCH3 is 1. The van der Waals surface area contributed by atoms with Crippen LogP contribution in [-0.2, 0) is 0 Å². The molecule has 0 atom stereocenters. The lowest BCUT2D eigenvalue weighted by Gasteiger charge is -2.08. The third-order valence-electron chi connectivity index (χ3n) is 3.35. The maximum Gasteiger partial charge on any atom is 0.170 e. The van der Waals surface area contributed by atoms with Crippen LogP contribution in [0.5, 0.6) is 5.75 Å². The van der Waals surface area contributed by atoms with Crippen molar-refractivity contribution in [2.24, 2.45) is 0 Å². The highest BCUT2D eigenvalue weighted by atomic mass is 16.5. The molecule has 0 bridgehead atoms. The molecule has 0 N–H and O–H groups in total. The fourth-order valence-corrected chi connectivity index (χ4v) is 2.42. The predicted octanol–water partition coefficient (Wildman–Crippen LogP) is 3.13. The number of carbonyl (C=O) groups is 1. The standard InChI is InChI=1S/C16H14N2O2/c1-11-6-5-8-14-13(10-19)17-16(18(11)14)12-7-3-4-9-15(12)20-2/h3-10H,1-2H3. The highest BCUT2D eigenvalue weighted by Gasteiger charge is 2.16. The van der Waals surface area contributed by atoms with Crippen LogP contribution in [0.1, 0.15) is 16.2 Å². The average molecular weight is 266 g/mol. The third-order valence-corrected chi connectivity index (χ3v) is 3.35. The van der Waals surface area contributed by atoms with E-state index in [4.69, 9.17) is 4.74 Å². The Bertz CT molecular complexity index is 790. The molecule has 0 radical (unpaired) electrons. The molecule has 0 amide bonds. The van der Waals surface area contributed by atoms with Crippen molar-refractivity contribution in [1.29, 1.82) is 0 Å². The van der Waals surface area contributed by atoms with Gasteiger partial charge in [-0.05, 0) is 31.2 Å². The molecule has 0 aliphatic carbocycles. The molecule has 2 heterocycles. The molecule has 1 aromatic carbocycles. The van der Waals surface area contributed by atoms with Gasteiger partial charge in [-0.1, -0.05) is 18.2 Å². The quantitative estimate of drug-likeness (QED) is 0.684. The smallest absolute Gasteiger partial charge is 0.170 e. The lowest BCUT2D eigenvalue weighted by atomic mass is 10.2. The molecular weight excluding hydrogens is 252 g/mol. The first-order chi connectivity index (χ1) is 9.76. The van der Waals surface area contributed by atoms with Gasteiger partial charge in [-0.15, -0.1) is 0 Å². The summed E-state index contributed by atoms with van der Waals surface area (Å²) in [6, 6.07) is 13.5. The maximum absolute atomic E-state index is 11.2. The van der Waals surface area contributed by atoms with Crippen LogP contribution in [0.4, 0.5) is 0 Å². The van der Waals surface area contributed by atoms with E-state index in [1.54, 1.807) is 7.11 Å². The average Bonchev–Trinajstić information content (AvgIpc) is 2.87. The van der Waals surface area contributed by atoms with E-state index in [0.29, 0.717) is 5.69 Å². The molecule has 3 aromatic rings. The second-order valence-electron chi connectivity index (χ2n) is 4.53. The summed E-state index contributed by atoms with van der Waals surface area (Å²) in [7, 11) is 1.63. The molecule has 0 spiro atoms. The number of pyridine rings is 1. The van der Waals surface area contributed by atoms with Crippen LogP contribution >= 0.6 is 0 Å². The van der Waals surface area contributed by atoms with E-state index in [0.717, 1.165) is 34.6 Å². The van der Waals surface area contributed by atoms with Crippen LogP contribution in [-0.4, -0.2) is 22.8 Å². The SMILES string of the molecule is COc1ccccc1-c1nc(C=O)c2cccc(C)n12. The van der Waals surface area contributed by atoms with Crippen molar-refractivity contribution in [3.8, 4) is 17.1 Å². The number of aromatic nitrogens is 2. The second-order valence-corrected chi connectivity index (χ2v) is 4.53. The van der Waals surface area contributed by atoms with Crippen LogP contribution in [0.3, 0.4) is 0 Å². The number of hydrogen-bond acceptors (Lipinski definition) is 3. The predicted molar refractivity (Wildman–Crippen MR) is 77.3 cm³/mol. The molecular formula is C16H14N2O2. The van der Waals surface area contributed by atoms with Crippen LogP contribution in [0, 0.1) is 6.92 Å². The van der Waals surface area contributed by atoms with Gasteiger partial charge in [0.2, 0.25) is 0 Å². The van der Waals surface area contributed by atoms with Gasteiger partial charge in [-0.3, -0.25) is 9.20 Å². The summed E-state index contributed by atoms with van der Waals surface area (Å²) in [6.45, 7) is 1.99. The lowest BCUT2D eigenvalue weighted by Crippen LogP contribution is -1.96. The van der Waals surface area contributed by atoms with Crippen LogP contribution in [0.15, 0.2) is 42.5 Å². The maximum atomic E-state index is 11.2. The Balaban J connectivity index is 2.39. The number of aryl methyl sites for hydroxylation is 1. The minimum absolute atomic E-state index is 0.439. The summed E-state index contributed by atoms with van der Waals surface area (Å²) in [5, 5.41) is 0. The topological polar surface area (TPSA) is 43.6 Å². The summed E-state index contributed by atoms with van der Waals surface area (Å²) < 4.78 is 7.36. The largest absolute Gasteiger partial charge is 0.496 e. The van der Waals surface area contributed by atoms with Crippen LogP contribution < -0.4 is 4.74 Å². The van der Waals surface area contributed by atoms with Crippen molar-refractivity contribution < 1.29 is 9.53 Å². The summed E-state index contributed by atoms with van der Waals surface area (Å²) in [6.07, 6.45) is 0.785. The number of carbonyl (C=O) groups excluding carboxylic acids is 1. The lowest BCUT2D eigenvalue weighted by molar-refractivity contribution is 0.112. The zero-order valence-corrected chi connectivity index (χ0v) is 11.3. The number of para-hydroxylation sites is 1. The van der Waals surface area contributed by atoms with Gasteiger partial charge >= 0.3 is 0 Å². The van der Waals surface area contributed by atoms with Crippen molar-refractivity contribution >= 4 is 11.8 Å². The van der Waals surface area contributed by atoms with E-state index >= 15 is 0 Å². The molecule has 4 heteroatoms. The molecule has 2 aromatic heterocycles. The highest BCUT2D eigenvalue weighted by molar-refractivity contribution is 5.86. The second kappa shape index (κ2) is 4.81. The molecule has 0 saturated heterocycles. The Labute approximate surface area is 116 Å². The number of benzene rings is 1. The summed E-state index contributed by atoms with van der Waals surface area (Å²) in [5.74, 6) is 1.46. The summed E-state index contributed by atoms with van der Waals surface area (Å²) in [5.41, 5.74) is 3.13. The van der Waals surface area contributed by atoms with Crippen LogP contribution in [0.2, 0.25) is 0 Å². The molecule has 0 aliphatic rings. The molecule has 0 unspecified atom stereocenters. The zero-order valence-electron chi connectivity index (χ0n) is 11.3. The Morgan fingerprint density at radius 2 is 1.95 bits per heavy atom. The number of imidazole rings is 1. The van der Waals surface area contributed by atoms with Gasteiger partial charge in [0.1, 0.15) is 17.3 Å². The fraction of sp³-hybridized carbons (Fsp3) is 0.125. The van der Waals surface area contributed by atoms with E-state index in [-0.39, 0.29) is 0 Å². The molecule has 100 valence electrons. The summed E-state index contributed by atoms with van der Waals surface area (Å²) in [4.78, 5) is 15.7. The number of nitrogens with zero attached hydrogens (tertiary/aromatic N) is 2. The number of ether oxygens (including phenoxy) is 1. The molecule has 0 fully saturated rings. The Morgan fingerprint density at radius 1 is 1.15 bits per heavy atom. The van der Waals surface area contributed by atoms with E-state index in [2.05, 4.69) is 4.98 Å². The zero-order chi connectivity index (χ0) is 14.1. The van der Waals surface area contributed by atoms with Gasteiger partial charge < -0.3 is 4.74 Å². The molecule has 0 aliphatic heterocycles. The Kier molecular flexibility index (Phi) is 2.99. The van der Waals surface area contributed by atoms with Crippen molar-refractivity contribution in [2.45, 2.75) is 6.92 Å². The van der Waals surface area contributed by atoms with Gasteiger partial charge in [-0.25, -0.2) is 4.98 Å². The van der Waals surface area contributed by atoms with E-state index < -0.39 is 0 Å². The monoisotopic (exact) mass is 266 g/mol. The Morgan fingerprint density at radius 3 is 2.70 bits per heavy atom. The van der Waals surface area contributed by atoms with Crippen molar-refractivity contribution in [3.63, 3.8) is 0 Å². The molecule has 4 nitrogen and oxygen atoms in total. The van der Waals surface area contributed by atoms with Gasteiger partial charge in [0.25, 0.3) is 0 Å². The van der Waals surface area contributed by atoms with Gasteiger partial charge in [-0.2, -0.15) is 0 Å².